The lowest BCUT2D eigenvalue weighted by Gasteiger charge is -2.33. The van der Waals surface area contributed by atoms with Crippen molar-refractivity contribution in [1.82, 2.24) is 4.90 Å². The number of amides is 2. The number of benzene rings is 1. The van der Waals surface area contributed by atoms with E-state index in [-0.39, 0.29) is 18.7 Å². The Bertz CT molecular complexity index is 634. The number of anilines is 1. The summed E-state index contributed by atoms with van der Waals surface area (Å²) in [6.45, 7) is 0.193. The number of rotatable bonds is 7. The summed E-state index contributed by atoms with van der Waals surface area (Å²) in [6, 6.07) is 6.03. The number of piperidine rings is 1. The van der Waals surface area contributed by atoms with E-state index in [0.717, 1.165) is 12.8 Å². The third kappa shape index (κ3) is 4.93. The molecule has 1 saturated heterocycles. The smallest absolute Gasteiger partial charge is 0.340 e. The number of aliphatic hydroxyl groups excluding tert-OH is 1. The summed E-state index contributed by atoms with van der Waals surface area (Å²) in [6.07, 6.45) is 2.15. The number of ether oxygens (including phenoxy) is 1. The van der Waals surface area contributed by atoms with Gasteiger partial charge in [-0.25, -0.2) is 4.79 Å². The van der Waals surface area contributed by atoms with Gasteiger partial charge in [0.05, 0.1) is 12.2 Å². The highest BCUT2D eigenvalue weighted by molar-refractivity contribution is 5.97. The van der Waals surface area contributed by atoms with Gasteiger partial charge in [0, 0.05) is 18.8 Å². The van der Waals surface area contributed by atoms with Crippen molar-refractivity contribution in [1.29, 1.82) is 0 Å². The van der Waals surface area contributed by atoms with Crippen LogP contribution in [0.2, 0.25) is 0 Å². The molecule has 8 nitrogen and oxygen atoms in total. The zero-order valence-corrected chi connectivity index (χ0v) is 13.9. The first kappa shape index (κ1) is 18.7. The van der Waals surface area contributed by atoms with Crippen LogP contribution in [-0.2, 0) is 14.3 Å². The molecule has 1 aliphatic rings. The third-order valence-electron chi connectivity index (χ3n) is 4.05. The highest BCUT2D eigenvalue weighted by Crippen LogP contribution is 2.18. The number of hydrogen-bond donors (Lipinski definition) is 3. The van der Waals surface area contributed by atoms with E-state index in [2.05, 4.69) is 5.32 Å². The minimum absolute atomic E-state index is 0.0780. The van der Waals surface area contributed by atoms with Crippen molar-refractivity contribution in [2.45, 2.75) is 25.3 Å². The molecule has 0 spiro atoms. The molecule has 2 rings (SSSR count). The van der Waals surface area contributed by atoms with Crippen molar-refractivity contribution in [2.24, 2.45) is 5.73 Å². The van der Waals surface area contributed by atoms with Crippen LogP contribution in [0, 0.1) is 0 Å². The highest BCUT2D eigenvalue weighted by Gasteiger charge is 2.31. The summed E-state index contributed by atoms with van der Waals surface area (Å²) in [7, 11) is 0. The fraction of sp³-hybridized carbons (Fsp3) is 0.471. The number of carbonyl (C=O) groups is 3. The molecule has 1 aliphatic heterocycles. The van der Waals surface area contributed by atoms with Gasteiger partial charge in [0.1, 0.15) is 6.04 Å². The van der Waals surface area contributed by atoms with E-state index in [1.54, 1.807) is 24.3 Å². The van der Waals surface area contributed by atoms with Crippen LogP contribution >= 0.6 is 0 Å². The summed E-state index contributed by atoms with van der Waals surface area (Å²) in [5.41, 5.74) is 6.13. The van der Waals surface area contributed by atoms with Crippen LogP contribution in [0.5, 0.6) is 0 Å². The fourth-order valence-corrected chi connectivity index (χ4v) is 2.82. The van der Waals surface area contributed by atoms with Crippen LogP contribution in [0.1, 0.15) is 29.6 Å². The Morgan fingerprint density at radius 2 is 2.04 bits per heavy atom. The Morgan fingerprint density at radius 3 is 2.76 bits per heavy atom. The molecule has 0 unspecified atom stereocenters. The predicted octanol–water partition coefficient (Wildman–Crippen LogP) is 0.114. The van der Waals surface area contributed by atoms with Gasteiger partial charge in [0.15, 0.2) is 6.61 Å². The van der Waals surface area contributed by atoms with Gasteiger partial charge in [0.25, 0.3) is 5.91 Å². The minimum Gasteiger partial charge on any atom is -0.452 e. The van der Waals surface area contributed by atoms with Gasteiger partial charge in [-0.3, -0.25) is 9.59 Å². The number of primary amides is 1. The number of para-hydroxylation sites is 1. The van der Waals surface area contributed by atoms with Gasteiger partial charge in [-0.2, -0.15) is 0 Å². The largest absolute Gasteiger partial charge is 0.452 e. The summed E-state index contributed by atoms with van der Waals surface area (Å²) in [4.78, 5) is 37.4. The molecule has 25 heavy (non-hydrogen) atoms. The van der Waals surface area contributed by atoms with E-state index in [1.807, 2.05) is 0 Å². The van der Waals surface area contributed by atoms with Gasteiger partial charge in [0.2, 0.25) is 5.91 Å². The molecule has 1 aromatic rings. The number of esters is 1. The number of likely N-dealkylation sites (tertiary alicyclic amines) is 1. The van der Waals surface area contributed by atoms with Crippen LogP contribution in [0.3, 0.4) is 0 Å². The van der Waals surface area contributed by atoms with E-state index in [4.69, 9.17) is 15.6 Å². The van der Waals surface area contributed by atoms with E-state index < -0.39 is 30.4 Å². The summed E-state index contributed by atoms with van der Waals surface area (Å²) >= 11 is 0. The quantitative estimate of drug-likeness (QED) is 0.601. The lowest BCUT2D eigenvalue weighted by molar-refractivity contribution is -0.143. The molecular formula is C17H23N3O5. The topological polar surface area (TPSA) is 122 Å². The molecule has 1 atom stereocenters. The molecule has 4 N–H and O–H groups in total. The predicted molar refractivity (Wildman–Crippen MR) is 90.8 cm³/mol. The van der Waals surface area contributed by atoms with Crippen molar-refractivity contribution in [3.05, 3.63) is 29.8 Å². The van der Waals surface area contributed by atoms with Gasteiger partial charge in [-0.05, 0) is 31.4 Å². The normalized spacial score (nSPS) is 17.0. The number of nitrogens with two attached hydrogens (primary N) is 1. The molecule has 1 aromatic carbocycles. The van der Waals surface area contributed by atoms with Gasteiger partial charge in [-0.1, -0.05) is 12.1 Å². The Hall–Kier alpha value is -2.61. The fourth-order valence-electron chi connectivity index (χ4n) is 2.82. The van der Waals surface area contributed by atoms with Crippen molar-refractivity contribution < 1.29 is 24.2 Å². The molecule has 0 radical (unpaired) electrons. The Balaban J connectivity index is 1.97. The number of nitrogens with one attached hydrogen (secondary N) is 1. The Labute approximate surface area is 145 Å². The van der Waals surface area contributed by atoms with E-state index in [0.29, 0.717) is 18.7 Å². The molecular weight excluding hydrogens is 326 g/mol. The van der Waals surface area contributed by atoms with Crippen molar-refractivity contribution in [2.75, 3.05) is 31.6 Å². The highest BCUT2D eigenvalue weighted by atomic mass is 16.5. The molecule has 0 saturated carbocycles. The number of nitrogens with zero attached hydrogens (tertiary/aromatic N) is 1. The lowest BCUT2D eigenvalue weighted by Crippen LogP contribution is -2.51. The van der Waals surface area contributed by atoms with Crippen LogP contribution in [0.4, 0.5) is 5.69 Å². The van der Waals surface area contributed by atoms with Crippen LogP contribution in [0.15, 0.2) is 24.3 Å². The van der Waals surface area contributed by atoms with E-state index in [9.17, 15) is 14.4 Å². The molecule has 136 valence electrons. The standard InChI is InChI=1S/C17H23N3O5/c18-16(23)14-7-3-4-9-20(14)15(22)11-25-17(24)12-5-1-2-6-13(12)19-8-10-21/h1-2,5-6,14,19,21H,3-4,7-11H2,(H2,18,23)/t14-/m0/s1. The first-order valence-corrected chi connectivity index (χ1v) is 8.24. The molecule has 0 aromatic heterocycles. The van der Waals surface area contributed by atoms with Crippen LogP contribution in [-0.4, -0.2) is 60.1 Å². The first-order valence-electron chi connectivity index (χ1n) is 8.24. The number of hydrogen-bond acceptors (Lipinski definition) is 6. The number of aliphatic hydroxyl groups is 1. The maximum atomic E-state index is 12.3. The van der Waals surface area contributed by atoms with Gasteiger partial charge >= 0.3 is 5.97 Å². The maximum absolute atomic E-state index is 12.3. The average Bonchev–Trinajstić information content (AvgIpc) is 2.64. The molecule has 1 fully saturated rings. The summed E-state index contributed by atoms with van der Waals surface area (Å²) in [5, 5.41) is 11.8. The zero-order chi connectivity index (χ0) is 18.2. The number of carbonyl (C=O) groups excluding carboxylic acids is 3. The lowest BCUT2D eigenvalue weighted by atomic mass is 10.0. The zero-order valence-electron chi connectivity index (χ0n) is 13.9. The first-order chi connectivity index (χ1) is 12.0. The average molecular weight is 349 g/mol. The second kappa shape index (κ2) is 9.03. The summed E-state index contributed by atoms with van der Waals surface area (Å²) < 4.78 is 5.11. The minimum atomic E-state index is -0.651. The molecule has 2 amide bonds. The molecule has 0 bridgehead atoms. The van der Waals surface area contributed by atoms with Gasteiger partial charge in [-0.15, -0.1) is 0 Å². The third-order valence-corrected chi connectivity index (χ3v) is 4.05. The maximum Gasteiger partial charge on any atom is 0.340 e. The van der Waals surface area contributed by atoms with E-state index in [1.165, 1.54) is 4.90 Å². The Kier molecular flexibility index (Phi) is 6.76. The SMILES string of the molecule is NC(=O)[C@@H]1CCCCN1C(=O)COC(=O)c1ccccc1NCCO. The monoisotopic (exact) mass is 349 g/mol. The van der Waals surface area contributed by atoms with Crippen molar-refractivity contribution in [3.63, 3.8) is 0 Å². The molecule has 8 heteroatoms. The van der Waals surface area contributed by atoms with Crippen molar-refractivity contribution >= 4 is 23.5 Å². The molecule has 0 aliphatic carbocycles. The molecule has 1 heterocycles. The van der Waals surface area contributed by atoms with E-state index >= 15 is 0 Å². The van der Waals surface area contributed by atoms with Crippen LogP contribution < -0.4 is 11.1 Å². The van der Waals surface area contributed by atoms with Gasteiger partial charge < -0.3 is 25.8 Å². The van der Waals surface area contributed by atoms with Crippen LogP contribution in [0.25, 0.3) is 0 Å². The van der Waals surface area contributed by atoms with Crippen molar-refractivity contribution in [3.8, 4) is 0 Å². The second-order valence-corrected chi connectivity index (χ2v) is 5.77. The Morgan fingerprint density at radius 1 is 1.28 bits per heavy atom. The second-order valence-electron chi connectivity index (χ2n) is 5.77. The summed E-state index contributed by atoms with van der Waals surface area (Å²) in [5.74, 6) is -1.63.